The Hall–Kier alpha value is -3.05. The van der Waals surface area contributed by atoms with E-state index in [1.165, 1.54) is 0 Å². The monoisotopic (exact) mass is 376 g/mol. The summed E-state index contributed by atoms with van der Waals surface area (Å²) in [7, 11) is 1.85. The van der Waals surface area contributed by atoms with Crippen LogP contribution in [0.2, 0.25) is 0 Å². The van der Waals surface area contributed by atoms with E-state index in [0.29, 0.717) is 25.2 Å². The number of carbonyl (C=O) groups excluding carboxylic acids is 1. The summed E-state index contributed by atoms with van der Waals surface area (Å²) in [6.45, 7) is 2.35. The van der Waals surface area contributed by atoms with Crippen molar-refractivity contribution in [2.75, 3.05) is 12.4 Å². The number of fused-ring (bicyclic) bond motifs is 1. The summed E-state index contributed by atoms with van der Waals surface area (Å²) in [6, 6.07) is 14.0. The van der Waals surface area contributed by atoms with Gasteiger partial charge in [-0.1, -0.05) is 30.3 Å². The highest BCUT2D eigenvalue weighted by Crippen LogP contribution is 2.38. The number of anilines is 1. The number of aryl methyl sites for hydroxylation is 1. The van der Waals surface area contributed by atoms with E-state index >= 15 is 0 Å². The third-order valence-electron chi connectivity index (χ3n) is 5.16. The van der Waals surface area contributed by atoms with Crippen LogP contribution in [0.5, 0.6) is 5.75 Å². The Labute approximate surface area is 164 Å². The number of likely N-dealkylation sites (N-methyl/N-ethyl adjacent to an activating group) is 1. The summed E-state index contributed by atoms with van der Waals surface area (Å²) >= 11 is 0. The van der Waals surface area contributed by atoms with Crippen LogP contribution in [0.25, 0.3) is 5.57 Å². The highest BCUT2D eigenvalue weighted by atomic mass is 16.5. The zero-order valence-electron chi connectivity index (χ0n) is 16.1. The zero-order valence-corrected chi connectivity index (χ0v) is 16.1. The third kappa shape index (κ3) is 3.66. The van der Waals surface area contributed by atoms with E-state index in [1.54, 1.807) is 4.90 Å². The summed E-state index contributed by atoms with van der Waals surface area (Å²) in [5, 5.41) is 13.1. The fourth-order valence-corrected chi connectivity index (χ4v) is 3.60. The van der Waals surface area contributed by atoms with E-state index in [1.807, 2.05) is 62.6 Å². The topological polar surface area (TPSA) is 61.8 Å². The highest BCUT2D eigenvalue weighted by molar-refractivity contribution is 5.96. The number of amides is 1. The smallest absolute Gasteiger partial charge is 0.224 e. The van der Waals surface area contributed by atoms with Crippen LogP contribution in [0.3, 0.4) is 0 Å². The maximum atomic E-state index is 11.9. The molecule has 5 heteroatoms. The molecular weight excluding hydrogens is 352 g/mol. The Balaban J connectivity index is 1.71. The molecule has 0 bridgehead atoms. The molecule has 0 fully saturated rings. The number of allylic oxidation sites excluding steroid dienone is 2. The average molecular weight is 376 g/mol. The number of nitrogens with zero attached hydrogens (tertiary/aromatic N) is 1. The second kappa shape index (κ2) is 7.52. The van der Waals surface area contributed by atoms with Crippen LogP contribution in [0, 0.1) is 0 Å². The molecule has 5 nitrogen and oxygen atoms in total. The van der Waals surface area contributed by atoms with Crippen LogP contribution >= 0.6 is 0 Å². The van der Waals surface area contributed by atoms with Crippen molar-refractivity contribution in [3.05, 3.63) is 77.0 Å². The summed E-state index contributed by atoms with van der Waals surface area (Å²) in [4.78, 5) is 13.7. The van der Waals surface area contributed by atoms with Crippen molar-refractivity contribution in [2.45, 2.75) is 32.6 Å². The average Bonchev–Trinajstić information content (AvgIpc) is 2.70. The summed E-state index contributed by atoms with van der Waals surface area (Å²) < 4.78 is 6.12. The fraction of sp³-hybridized carbons (Fsp3) is 0.261. The SMILES string of the molecule is CC1=CC(c2cc3c(c(OCc4ccccc4)c2)NC(=O)CC3)=CN(C)C1O. The van der Waals surface area contributed by atoms with Gasteiger partial charge in [-0.15, -0.1) is 0 Å². The Bertz CT molecular complexity index is 963. The first-order chi connectivity index (χ1) is 13.5. The molecule has 28 heavy (non-hydrogen) atoms. The minimum atomic E-state index is -0.602. The number of carbonyl (C=O) groups is 1. The zero-order chi connectivity index (χ0) is 19.7. The van der Waals surface area contributed by atoms with Crippen molar-refractivity contribution >= 4 is 17.2 Å². The normalized spacial score (nSPS) is 18.8. The molecule has 0 spiro atoms. The first-order valence-electron chi connectivity index (χ1n) is 9.45. The number of benzene rings is 2. The maximum Gasteiger partial charge on any atom is 0.224 e. The van der Waals surface area contributed by atoms with Gasteiger partial charge in [0.05, 0.1) is 5.69 Å². The van der Waals surface area contributed by atoms with Crippen molar-refractivity contribution in [3.8, 4) is 5.75 Å². The molecule has 0 aromatic heterocycles. The fourth-order valence-electron chi connectivity index (χ4n) is 3.60. The number of rotatable bonds is 4. The summed E-state index contributed by atoms with van der Waals surface area (Å²) in [6.07, 6.45) is 4.48. The van der Waals surface area contributed by atoms with E-state index in [2.05, 4.69) is 11.4 Å². The van der Waals surface area contributed by atoms with E-state index in [4.69, 9.17) is 4.74 Å². The van der Waals surface area contributed by atoms with E-state index < -0.39 is 6.23 Å². The minimum absolute atomic E-state index is 0.0142. The van der Waals surface area contributed by atoms with Gasteiger partial charge in [0.1, 0.15) is 18.6 Å². The van der Waals surface area contributed by atoms with E-state index in [9.17, 15) is 9.90 Å². The molecular formula is C23H24N2O3. The largest absolute Gasteiger partial charge is 0.487 e. The number of hydrogen-bond donors (Lipinski definition) is 2. The lowest BCUT2D eigenvalue weighted by atomic mass is 9.94. The first kappa shape index (κ1) is 18.3. The van der Waals surface area contributed by atoms with Crippen LogP contribution in [-0.4, -0.2) is 29.2 Å². The predicted molar refractivity (Wildman–Crippen MR) is 110 cm³/mol. The number of ether oxygens (including phenoxy) is 1. The molecule has 2 heterocycles. The molecule has 2 aliphatic heterocycles. The standard InChI is InChI=1S/C23H24N2O3/c1-15-10-19(13-25(2)23(15)27)18-11-17-8-9-21(26)24-22(17)20(12-18)28-14-16-6-4-3-5-7-16/h3-7,10-13,23,27H,8-9,14H2,1-2H3,(H,24,26). The molecule has 1 amide bonds. The van der Waals surface area contributed by atoms with Gasteiger partial charge in [0.25, 0.3) is 0 Å². The van der Waals surface area contributed by atoms with Gasteiger partial charge in [-0.2, -0.15) is 0 Å². The number of hydrogen-bond acceptors (Lipinski definition) is 4. The molecule has 1 unspecified atom stereocenters. The molecule has 2 aliphatic rings. The van der Waals surface area contributed by atoms with Crippen LogP contribution in [0.1, 0.15) is 30.0 Å². The van der Waals surface area contributed by atoms with Gasteiger partial charge in [0, 0.05) is 19.7 Å². The van der Waals surface area contributed by atoms with Gasteiger partial charge < -0.3 is 20.1 Å². The Kier molecular flexibility index (Phi) is 4.92. The molecule has 4 rings (SSSR count). The van der Waals surface area contributed by atoms with Crippen LogP contribution in [0.15, 0.2) is 60.3 Å². The molecule has 2 N–H and O–H groups in total. The van der Waals surface area contributed by atoms with Crippen molar-refractivity contribution in [1.82, 2.24) is 4.90 Å². The van der Waals surface area contributed by atoms with Crippen LogP contribution < -0.4 is 10.1 Å². The predicted octanol–water partition coefficient (Wildman–Crippen LogP) is 3.70. The van der Waals surface area contributed by atoms with Crippen molar-refractivity contribution in [3.63, 3.8) is 0 Å². The van der Waals surface area contributed by atoms with Crippen LogP contribution in [-0.2, 0) is 17.8 Å². The Morgan fingerprint density at radius 3 is 2.75 bits per heavy atom. The minimum Gasteiger partial charge on any atom is -0.487 e. The molecule has 2 aromatic rings. The lowest BCUT2D eigenvalue weighted by Crippen LogP contribution is -2.30. The van der Waals surface area contributed by atoms with Crippen LogP contribution in [0.4, 0.5) is 5.69 Å². The lowest BCUT2D eigenvalue weighted by Gasteiger charge is -2.28. The molecule has 144 valence electrons. The van der Waals surface area contributed by atoms with Gasteiger partial charge in [-0.25, -0.2) is 0 Å². The van der Waals surface area contributed by atoms with Crippen molar-refractivity contribution in [1.29, 1.82) is 0 Å². The van der Waals surface area contributed by atoms with Gasteiger partial charge in [-0.05, 0) is 59.4 Å². The molecule has 0 saturated heterocycles. The first-order valence-corrected chi connectivity index (χ1v) is 9.45. The molecule has 0 saturated carbocycles. The molecule has 2 aromatic carbocycles. The van der Waals surface area contributed by atoms with E-state index in [-0.39, 0.29) is 5.91 Å². The number of nitrogens with one attached hydrogen (secondary N) is 1. The maximum absolute atomic E-state index is 11.9. The van der Waals surface area contributed by atoms with Crippen molar-refractivity contribution < 1.29 is 14.6 Å². The van der Waals surface area contributed by atoms with Gasteiger partial charge in [-0.3, -0.25) is 4.79 Å². The van der Waals surface area contributed by atoms with E-state index in [0.717, 1.165) is 33.5 Å². The second-order valence-electron chi connectivity index (χ2n) is 7.34. The summed E-state index contributed by atoms with van der Waals surface area (Å²) in [5.41, 5.74) is 5.81. The lowest BCUT2D eigenvalue weighted by molar-refractivity contribution is -0.116. The Morgan fingerprint density at radius 1 is 1.21 bits per heavy atom. The van der Waals surface area contributed by atoms with Gasteiger partial charge >= 0.3 is 0 Å². The molecule has 0 radical (unpaired) electrons. The number of aliphatic hydroxyl groups is 1. The third-order valence-corrected chi connectivity index (χ3v) is 5.16. The molecule has 0 aliphatic carbocycles. The second-order valence-corrected chi connectivity index (χ2v) is 7.34. The quantitative estimate of drug-likeness (QED) is 0.854. The number of aliphatic hydroxyl groups excluding tert-OH is 1. The summed E-state index contributed by atoms with van der Waals surface area (Å²) in [5.74, 6) is 0.686. The van der Waals surface area contributed by atoms with Gasteiger partial charge in [0.2, 0.25) is 5.91 Å². The van der Waals surface area contributed by atoms with Gasteiger partial charge in [0.15, 0.2) is 0 Å². The highest BCUT2D eigenvalue weighted by Gasteiger charge is 2.23. The van der Waals surface area contributed by atoms with Crippen molar-refractivity contribution in [2.24, 2.45) is 0 Å². The Morgan fingerprint density at radius 2 is 2.00 bits per heavy atom. The molecule has 1 atom stereocenters.